The van der Waals surface area contributed by atoms with Gasteiger partial charge in [-0.2, -0.15) is 0 Å². The second-order valence-corrected chi connectivity index (χ2v) is 4.22. The Bertz CT molecular complexity index is 377. The molecule has 5 heteroatoms. The Hall–Kier alpha value is -0.550. The van der Waals surface area contributed by atoms with E-state index in [1.807, 2.05) is 0 Å². The Morgan fingerprint density at radius 2 is 2.00 bits per heavy atom. The van der Waals surface area contributed by atoms with Crippen LogP contribution in [0.25, 0.3) is 0 Å². The molecule has 0 aromatic heterocycles. The summed E-state index contributed by atoms with van der Waals surface area (Å²) in [6.45, 7) is 0. The van der Waals surface area contributed by atoms with Crippen molar-refractivity contribution >= 4 is 37.6 Å². The molecule has 0 bridgehead atoms. The summed E-state index contributed by atoms with van der Waals surface area (Å²) in [6, 6.07) is 3.47. The summed E-state index contributed by atoms with van der Waals surface area (Å²) in [5.74, 6) is 0.952. The van der Waals surface area contributed by atoms with Crippen LogP contribution in [-0.2, 0) is 0 Å². The van der Waals surface area contributed by atoms with E-state index in [2.05, 4.69) is 31.9 Å². The second-order valence-electron chi connectivity index (χ2n) is 2.75. The van der Waals surface area contributed by atoms with Gasteiger partial charge in [0.05, 0.1) is 25.1 Å². The topological polar surface area (TPSA) is 35.5 Å². The van der Waals surface area contributed by atoms with Crippen LogP contribution in [-0.4, -0.2) is 25.3 Å². The number of carbonyl (C=O) groups is 1. The molecule has 0 unspecified atom stereocenters. The van der Waals surface area contributed by atoms with Gasteiger partial charge < -0.3 is 9.47 Å². The molecule has 0 aliphatic heterocycles. The lowest BCUT2D eigenvalue weighted by Gasteiger charge is -2.11. The highest BCUT2D eigenvalue weighted by atomic mass is 79.9. The lowest BCUT2D eigenvalue weighted by molar-refractivity contribution is 0.102. The molecule has 0 spiro atoms. The van der Waals surface area contributed by atoms with Crippen LogP contribution in [0.3, 0.4) is 0 Å². The molecule has 0 aliphatic rings. The summed E-state index contributed by atoms with van der Waals surface area (Å²) in [7, 11) is 3.05. The number of alkyl halides is 1. The van der Waals surface area contributed by atoms with E-state index in [4.69, 9.17) is 9.47 Å². The molecule has 0 heterocycles. The summed E-state index contributed by atoms with van der Waals surface area (Å²) in [4.78, 5) is 11.6. The third kappa shape index (κ3) is 2.72. The number of carbonyl (C=O) groups excluding carboxylic acids is 1. The van der Waals surface area contributed by atoms with Crippen LogP contribution in [0.1, 0.15) is 10.4 Å². The van der Waals surface area contributed by atoms with Crippen molar-refractivity contribution < 1.29 is 14.3 Å². The predicted octanol–water partition coefficient (Wildman–Crippen LogP) is 3.04. The van der Waals surface area contributed by atoms with Crippen molar-refractivity contribution in [2.45, 2.75) is 0 Å². The summed E-state index contributed by atoms with van der Waals surface area (Å²) < 4.78 is 11.1. The Kier molecular flexibility index (Phi) is 4.60. The molecule has 1 aromatic rings. The molecule has 0 fully saturated rings. The Morgan fingerprint density at radius 1 is 1.33 bits per heavy atom. The number of ether oxygens (including phenoxy) is 2. The van der Waals surface area contributed by atoms with Crippen LogP contribution < -0.4 is 9.47 Å². The van der Waals surface area contributed by atoms with Crippen molar-refractivity contribution in [1.82, 2.24) is 0 Å². The van der Waals surface area contributed by atoms with Gasteiger partial charge in [-0.3, -0.25) is 4.79 Å². The standard InChI is InChI=1S/C10H10Br2O3/c1-14-9-4-6(12)3-7(8(13)5-11)10(9)15-2/h3-4H,5H2,1-2H3. The van der Waals surface area contributed by atoms with E-state index in [1.54, 1.807) is 12.1 Å². The van der Waals surface area contributed by atoms with Gasteiger partial charge in [-0.25, -0.2) is 0 Å². The van der Waals surface area contributed by atoms with Crippen LogP contribution >= 0.6 is 31.9 Å². The quantitative estimate of drug-likeness (QED) is 0.625. The van der Waals surface area contributed by atoms with E-state index < -0.39 is 0 Å². The highest BCUT2D eigenvalue weighted by Gasteiger charge is 2.16. The molecule has 0 atom stereocenters. The summed E-state index contributed by atoms with van der Waals surface area (Å²) >= 11 is 6.44. The maximum atomic E-state index is 11.6. The third-order valence-corrected chi connectivity index (χ3v) is 2.83. The van der Waals surface area contributed by atoms with Gasteiger partial charge in [0.15, 0.2) is 17.3 Å². The number of rotatable bonds is 4. The molecule has 0 aliphatic carbocycles. The van der Waals surface area contributed by atoms with Gasteiger partial charge in [-0.1, -0.05) is 31.9 Å². The van der Waals surface area contributed by atoms with E-state index in [0.717, 1.165) is 4.47 Å². The highest BCUT2D eigenvalue weighted by Crippen LogP contribution is 2.34. The Labute approximate surface area is 105 Å². The van der Waals surface area contributed by atoms with Crippen molar-refractivity contribution in [1.29, 1.82) is 0 Å². The van der Waals surface area contributed by atoms with Gasteiger partial charge in [-0.15, -0.1) is 0 Å². The smallest absolute Gasteiger partial charge is 0.177 e. The van der Waals surface area contributed by atoms with Crippen molar-refractivity contribution in [3.63, 3.8) is 0 Å². The SMILES string of the molecule is COc1cc(Br)cc(C(=O)CBr)c1OC. The highest BCUT2D eigenvalue weighted by molar-refractivity contribution is 9.10. The normalized spacial score (nSPS) is 9.87. The first-order valence-electron chi connectivity index (χ1n) is 4.14. The average molecular weight is 338 g/mol. The lowest BCUT2D eigenvalue weighted by atomic mass is 10.1. The maximum Gasteiger partial charge on any atom is 0.177 e. The first kappa shape index (κ1) is 12.5. The molecule has 1 aromatic carbocycles. The molecule has 0 radical (unpaired) electrons. The van der Waals surface area contributed by atoms with E-state index in [9.17, 15) is 4.79 Å². The van der Waals surface area contributed by atoms with Crippen LogP contribution in [0.15, 0.2) is 16.6 Å². The Morgan fingerprint density at radius 3 is 2.47 bits per heavy atom. The number of hydrogen-bond donors (Lipinski definition) is 0. The second kappa shape index (κ2) is 5.51. The molecular formula is C10H10Br2O3. The zero-order valence-electron chi connectivity index (χ0n) is 8.34. The number of methoxy groups -OCH3 is 2. The largest absolute Gasteiger partial charge is 0.493 e. The monoisotopic (exact) mass is 336 g/mol. The lowest BCUT2D eigenvalue weighted by Crippen LogP contribution is -2.04. The molecular weight excluding hydrogens is 328 g/mol. The molecule has 1 rings (SSSR count). The number of ketones is 1. The predicted molar refractivity (Wildman–Crippen MR) is 65.4 cm³/mol. The van der Waals surface area contributed by atoms with Gasteiger partial charge in [0, 0.05) is 4.47 Å². The van der Waals surface area contributed by atoms with Gasteiger partial charge in [0.1, 0.15) is 0 Å². The van der Waals surface area contributed by atoms with E-state index in [1.165, 1.54) is 14.2 Å². The van der Waals surface area contributed by atoms with Gasteiger partial charge in [-0.05, 0) is 12.1 Å². The first-order chi connectivity index (χ1) is 7.13. The van der Waals surface area contributed by atoms with Crippen molar-refractivity contribution in [3.05, 3.63) is 22.2 Å². The van der Waals surface area contributed by atoms with E-state index in [-0.39, 0.29) is 11.1 Å². The molecule has 0 N–H and O–H groups in total. The van der Waals surface area contributed by atoms with Crippen LogP contribution in [0, 0.1) is 0 Å². The molecule has 0 saturated heterocycles. The minimum absolute atomic E-state index is 0.0496. The first-order valence-corrected chi connectivity index (χ1v) is 6.06. The average Bonchev–Trinajstić information content (AvgIpc) is 2.26. The van der Waals surface area contributed by atoms with Gasteiger partial charge >= 0.3 is 0 Å². The minimum Gasteiger partial charge on any atom is -0.493 e. The maximum absolute atomic E-state index is 11.6. The number of benzene rings is 1. The van der Waals surface area contributed by atoms with E-state index in [0.29, 0.717) is 17.1 Å². The number of halogens is 2. The van der Waals surface area contributed by atoms with Crippen LogP contribution in [0.4, 0.5) is 0 Å². The molecule has 3 nitrogen and oxygen atoms in total. The fourth-order valence-corrected chi connectivity index (χ4v) is 1.95. The summed E-state index contributed by atoms with van der Waals surface area (Å²) in [6.07, 6.45) is 0. The van der Waals surface area contributed by atoms with Crippen molar-refractivity contribution in [3.8, 4) is 11.5 Å². The van der Waals surface area contributed by atoms with Gasteiger partial charge in [0.25, 0.3) is 0 Å². The van der Waals surface area contributed by atoms with Crippen LogP contribution in [0.5, 0.6) is 11.5 Å². The fourth-order valence-electron chi connectivity index (χ4n) is 1.21. The fraction of sp³-hybridized carbons (Fsp3) is 0.300. The Balaban J connectivity index is 3.35. The number of hydrogen-bond acceptors (Lipinski definition) is 3. The third-order valence-electron chi connectivity index (χ3n) is 1.87. The zero-order chi connectivity index (χ0) is 11.4. The molecule has 0 saturated carbocycles. The minimum atomic E-state index is -0.0496. The van der Waals surface area contributed by atoms with Crippen molar-refractivity contribution in [2.24, 2.45) is 0 Å². The van der Waals surface area contributed by atoms with Crippen LogP contribution in [0.2, 0.25) is 0 Å². The van der Waals surface area contributed by atoms with E-state index >= 15 is 0 Å². The summed E-state index contributed by atoms with van der Waals surface area (Å²) in [5, 5.41) is 0.253. The molecule has 0 amide bonds. The molecule has 15 heavy (non-hydrogen) atoms. The molecule has 82 valence electrons. The van der Waals surface area contributed by atoms with Gasteiger partial charge in [0.2, 0.25) is 0 Å². The number of Topliss-reactive ketones (excluding diaryl/α,β-unsaturated/α-hetero) is 1. The zero-order valence-corrected chi connectivity index (χ0v) is 11.5. The van der Waals surface area contributed by atoms with Crippen molar-refractivity contribution in [2.75, 3.05) is 19.5 Å². The summed E-state index contributed by atoms with van der Waals surface area (Å²) in [5.41, 5.74) is 0.501.